The van der Waals surface area contributed by atoms with Crippen LogP contribution < -0.4 is 0 Å². The first kappa shape index (κ1) is 11.5. The van der Waals surface area contributed by atoms with Gasteiger partial charge in [-0.2, -0.15) is 0 Å². The summed E-state index contributed by atoms with van der Waals surface area (Å²) in [7, 11) is 0. The fourth-order valence-electron chi connectivity index (χ4n) is 1.35. The highest BCUT2D eigenvalue weighted by molar-refractivity contribution is 9.10. The number of allylic oxidation sites excluding steroid dienone is 1. The van der Waals surface area contributed by atoms with Crippen molar-refractivity contribution in [3.05, 3.63) is 45.4 Å². The molecule has 0 spiro atoms. The Balaban J connectivity index is 3.01. The van der Waals surface area contributed by atoms with Gasteiger partial charge >= 0.3 is 0 Å². The Morgan fingerprint density at radius 3 is 2.50 bits per heavy atom. The molecule has 0 heterocycles. The summed E-state index contributed by atoms with van der Waals surface area (Å²) in [4.78, 5) is 0. The zero-order valence-electron chi connectivity index (χ0n) is 8.71. The van der Waals surface area contributed by atoms with Crippen LogP contribution in [0.5, 0.6) is 0 Å². The van der Waals surface area contributed by atoms with Crippen molar-refractivity contribution >= 4 is 15.9 Å². The molecule has 1 nitrogen and oxygen atoms in total. The Bertz CT molecular complexity index is 331. The zero-order valence-corrected chi connectivity index (χ0v) is 10.3. The van der Waals surface area contributed by atoms with Crippen molar-refractivity contribution in [1.82, 2.24) is 0 Å². The second-order valence-corrected chi connectivity index (χ2v) is 4.67. The number of aryl methyl sites for hydroxylation is 1. The van der Waals surface area contributed by atoms with E-state index in [1.54, 1.807) is 0 Å². The monoisotopic (exact) mass is 254 g/mol. The molecule has 0 saturated heterocycles. The molecule has 1 rings (SSSR count). The molecule has 0 aliphatic heterocycles. The van der Waals surface area contributed by atoms with E-state index in [1.165, 1.54) is 0 Å². The summed E-state index contributed by atoms with van der Waals surface area (Å²) in [6.07, 6.45) is 1.34. The molecule has 14 heavy (non-hydrogen) atoms. The first-order valence-corrected chi connectivity index (χ1v) is 5.38. The molecule has 1 N–H and O–H groups in total. The van der Waals surface area contributed by atoms with Gasteiger partial charge in [0, 0.05) is 4.47 Å². The van der Waals surface area contributed by atoms with Crippen molar-refractivity contribution in [2.24, 2.45) is 0 Å². The lowest BCUT2D eigenvalue weighted by molar-refractivity contribution is 0.227. The Kier molecular flexibility index (Phi) is 3.90. The largest absolute Gasteiger partial charge is 0.384 e. The standard InChI is InChI=1S/C12H15BrO/c1-8(2)4-12(14)10-5-9(3)6-11(13)7-10/h4-7,12,14H,1-3H3. The minimum atomic E-state index is -0.504. The topological polar surface area (TPSA) is 20.2 Å². The molecule has 0 aromatic heterocycles. The number of benzene rings is 1. The molecule has 0 aliphatic carbocycles. The van der Waals surface area contributed by atoms with Crippen LogP contribution >= 0.6 is 15.9 Å². The van der Waals surface area contributed by atoms with Crippen molar-refractivity contribution in [3.63, 3.8) is 0 Å². The maximum absolute atomic E-state index is 9.84. The summed E-state index contributed by atoms with van der Waals surface area (Å²) < 4.78 is 1.01. The van der Waals surface area contributed by atoms with Crippen LogP contribution in [0.2, 0.25) is 0 Å². The lowest BCUT2D eigenvalue weighted by Gasteiger charge is -2.08. The number of hydrogen-bond donors (Lipinski definition) is 1. The van der Waals surface area contributed by atoms with E-state index in [0.717, 1.165) is 21.2 Å². The van der Waals surface area contributed by atoms with Crippen LogP contribution in [0.1, 0.15) is 31.1 Å². The molecule has 0 amide bonds. The van der Waals surface area contributed by atoms with E-state index < -0.39 is 6.10 Å². The van der Waals surface area contributed by atoms with Gasteiger partial charge in [0.15, 0.2) is 0 Å². The Labute approximate surface area is 93.6 Å². The molecule has 1 unspecified atom stereocenters. The lowest BCUT2D eigenvalue weighted by Crippen LogP contribution is -1.94. The highest BCUT2D eigenvalue weighted by atomic mass is 79.9. The van der Waals surface area contributed by atoms with Crippen molar-refractivity contribution in [3.8, 4) is 0 Å². The van der Waals surface area contributed by atoms with Gasteiger partial charge in [-0.05, 0) is 44.0 Å². The second kappa shape index (κ2) is 4.76. The van der Waals surface area contributed by atoms with E-state index in [9.17, 15) is 5.11 Å². The van der Waals surface area contributed by atoms with Crippen molar-refractivity contribution in [2.75, 3.05) is 0 Å². The quantitative estimate of drug-likeness (QED) is 0.798. The minimum Gasteiger partial charge on any atom is -0.384 e. The number of aliphatic hydroxyl groups excluding tert-OH is 1. The van der Waals surface area contributed by atoms with E-state index >= 15 is 0 Å². The van der Waals surface area contributed by atoms with Gasteiger partial charge in [0.25, 0.3) is 0 Å². The van der Waals surface area contributed by atoms with Gasteiger partial charge in [0.2, 0.25) is 0 Å². The summed E-state index contributed by atoms with van der Waals surface area (Å²) in [5, 5.41) is 9.84. The summed E-state index contributed by atoms with van der Waals surface area (Å²) >= 11 is 3.42. The number of halogens is 1. The Hall–Kier alpha value is -0.600. The van der Waals surface area contributed by atoms with Gasteiger partial charge in [0.1, 0.15) is 0 Å². The predicted molar refractivity (Wildman–Crippen MR) is 63.3 cm³/mol. The average molecular weight is 255 g/mol. The predicted octanol–water partition coefficient (Wildman–Crippen LogP) is 3.76. The van der Waals surface area contributed by atoms with Gasteiger partial charge in [-0.15, -0.1) is 0 Å². The molecule has 0 fully saturated rings. The van der Waals surface area contributed by atoms with Crippen LogP contribution in [0, 0.1) is 6.92 Å². The second-order valence-electron chi connectivity index (χ2n) is 3.75. The van der Waals surface area contributed by atoms with E-state index in [4.69, 9.17) is 0 Å². The lowest BCUT2D eigenvalue weighted by atomic mass is 10.1. The third-order valence-corrected chi connectivity index (χ3v) is 2.36. The summed E-state index contributed by atoms with van der Waals surface area (Å²) in [5.74, 6) is 0. The Morgan fingerprint density at radius 2 is 2.00 bits per heavy atom. The van der Waals surface area contributed by atoms with Crippen LogP contribution in [0.15, 0.2) is 34.3 Å². The first-order valence-electron chi connectivity index (χ1n) is 4.59. The van der Waals surface area contributed by atoms with Gasteiger partial charge in [-0.25, -0.2) is 0 Å². The molecule has 2 heteroatoms. The van der Waals surface area contributed by atoms with Crippen molar-refractivity contribution < 1.29 is 5.11 Å². The highest BCUT2D eigenvalue weighted by Crippen LogP contribution is 2.22. The summed E-state index contributed by atoms with van der Waals surface area (Å²) in [6, 6.07) is 5.96. The smallest absolute Gasteiger partial charge is 0.0974 e. The van der Waals surface area contributed by atoms with E-state index in [0.29, 0.717) is 0 Å². The van der Waals surface area contributed by atoms with E-state index in [1.807, 2.05) is 45.0 Å². The van der Waals surface area contributed by atoms with Crippen molar-refractivity contribution in [2.45, 2.75) is 26.9 Å². The number of aliphatic hydroxyl groups is 1. The number of hydrogen-bond acceptors (Lipinski definition) is 1. The zero-order chi connectivity index (χ0) is 10.7. The fraction of sp³-hybridized carbons (Fsp3) is 0.333. The van der Waals surface area contributed by atoms with Crippen LogP contribution in [0.3, 0.4) is 0 Å². The number of rotatable bonds is 2. The first-order chi connectivity index (χ1) is 6.49. The van der Waals surface area contributed by atoms with Gasteiger partial charge in [0.05, 0.1) is 6.10 Å². The minimum absolute atomic E-state index is 0.504. The fourth-order valence-corrected chi connectivity index (χ4v) is 1.97. The SMILES string of the molecule is CC(C)=CC(O)c1cc(C)cc(Br)c1. The van der Waals surface area contributed by atoms with E-state index in [-0.39, 0.29) is 0 Å². The molecule has 1 atom stereocenters. The molecular weight excluding hydrogens is 240 g/mol. The van der Waals surface area contributed by atoms with Crippen molar-refractivity contribution in [1.29, 1.82) is 0 Å². The summed E-state index contributed by atoms with van der Waals surface area (Å²) in [6.45, 7) is 5.98. The van der Waals surface area contributed by atoms with Gasteiger partial charge in [-0.1, -0.05) is 33.6 Å². The molecule has 0 aliphatic rings. The van der Waals surface area contributed by atoms with Gasteiger partial charge in [-0.3, -0.25) is 0 Å². The third kappa shape index (κ3) is 3.28. The molecular formula is C12H15BrO. The normalized spacial score (nSPS) is 12.4. The molecule has 0 saturated carbocycles. The maximum atomic E-state index is 9.84. The van der Waals surface area contributed by atoms with Crippen LogP contribution in [0.4, 0.5) is 0 Å². The van der Waals surface area contributed by atoms with Crippen LogP contribution in [-0.2, 0) is 0 Å². The van der Waals surface area contributed by atoms with Crippen LogP contribution in [0.25, 0.3) is 0 Å². The highest BCUT2D eigenvalue weighted by Gasteiger charge is 2.05. The average Bonchev–Trinajstić information content (AvgIpc) is 2.00. The maximum Gasteiger partial charge on any atom is 0.0974 e. The molecule has 0 radical (unpaired) electrons. The van der Waals surface area contributed by atoms with E-state index in [2.05, 4.69) is 15.9 Å². The Morgan fingerprint density at radius 1 is 1.36 bits per heavy atom. The third-order valence-electron chi connectivity index (χ3n) is 1.90. The summed E-state index contributed by atoms with van der Waals surface area (Å²) in [5.41, 5.74) is 3.20. The molecule has 0 bridgehead atoms. The molecule has 76 valence electrons. The molecule has 1 aromatic rings. The van der Waals surface area contributed by atoms with Gasteiger partial charge < -0.3 is 5.11 Å². The molecule has 1 aromatic carbocycles. The van der Waals surface area contributed by atoms with Crippen LogP contribution in [-0.4, -0.2) is 5.11 Å².